The summed E-state index contributed by atoms with van der Waals surface area (Å²) < 4.78 is 13.1. The highest BCUT2D eigenvalue weighted by Crippen LogP contribution is 2.18. The highest BCUT2D eigenvalue weighted by atomic mass is 19.1. The van der Waals surface area contributed by atoms with Crippen LogP contribution in [-0.4, -0.2) is 11.1 Å². The number of halogens is 1. The zero-order chi connectivity index (χ0) is 15.2. The molecule has 2 aromatic rings. The van der Waals surface area contributed by atoms with E-state index in [9.17, 15) is 9.18 Å². The number of rotatable bonds is 5. The Morgan fingerprint density at radius 1 is 1.24 bits per heavy atom. The van der Waals surface area contributed by atoms with Gasteiger partial charge in [0.1, 0.15) is 11.9 Å². The summed E-state index contributed by atoms with van der Waals surface area (Å²) in [5.41, 5.74) is 2.26. The number of carboxylic acids is 1. The number of hydrogen-bond acceptors (Lipinski definition) is 3. The fraction of sp³-hybridized carbons (Fsp3) is 0.125. The van der Waals surface area contributed by atoms with E-state index in [2.05, 4.69) is 5.32 Å². The molecule has 5 heteroatoms. The van der Waals surface area contributed by atoms with Gasteiger partial charge in [-0.25, -0.2) is 4.39 Å². The zero-order valence-corrected chi connectivity index (χ0v) is 11.1. The molecule has 0 bridgehead atoms. The Morgan fingerprint density at radius 3 is 2.62 bits per heavy atom. The summed E-state index contributed by atoms with van der Waals surface area (Å²) >= 11 is 0. The van der Waals surface area contributed by atoms with Crippen molar-refractivity contribution in [2.24, 2.45) is 0 Å². The molecule has 0 spiro atoms. The van der Waals surface area contributed by atoms with Crippen molar-refractivity contribution >= 4 is 11.7 Å². The third-order valence-electron chi connectivity index (χ3n) is 3.03. The molecule has 2 aromatic carbocycles. The smallest absolute Gasteiger partial charge is 0.307 e. The lowest BCUT2D eigenvalue weighted by Crippen LogP contribution is -2.08. The minimum Gasteiger partial charge on any atom is -0.481 e. The molecule has 0 saturated carbocycles. The van der Waals surface area contributed by atoms with Crippen LogP contribution in [0.3, 0.4) is 0 Å². The molecule has 0 radical (unpaired) electrons. The minimum absolute atomic E-state index is 0.0631. The van der Waals surface area contributed by atoms with Gasteiger partial charge in [-0.3, -0.25) is 4.79 Å². The first-order valence-corrected chi connectivity index (χ1v) is 6.32. The number of hydrogen-bond donors (Lipinski definition) is 2. The highest BCUT2D eigenvalue weighted by molar-refractivity contribution is 5.70. The van der Waals surface area contributed by atoms with Crippen molar-refractivity contribution in [2.45, 2.75) is 13.0 Å². The zero-order valence-electron chi connectivity index (χ0n) is 11.1. The fourth-order valence-electron chi connectivity index (χ4n) is 2.02. The standard InChI is InChI=1S/C16H13FN2O2/c17-14-5-6-15(13(7-14)9-18)19-10-12-4-2-1-3-11(12)8-16(20)21/h1-7,19H,8,10H2,(H,20,21). The van der Waals surface area contributed by atoms with E-state index in [4.69, 9.17) is 10.4 Å². The maximum absolute atomic E-state index is 13.1. The number of carbonyl (C=O) groups is 1. The summed E-state index contributed by atoms with van der Waals surface area (Å²) in [6.07, 6.45) is -0.0631. The number of nitriles is 1. The van der Waals surface area contributed by atoms with E-state index in [0.717, 1.165) is 11.6 Å². The Labute approximate surface area is 121 Å². The van der Waals surface area contributed by atoms with Gasteiger partial charge >= 0.3 is 5.97 Å². The molecule has 0 saturated heterocycles. The average molecular weight is 284 g/mol. The van der Waals surface area contributed by atoms with E-state index in [1.807, 2.05) is 18.2 Å². The van der Waals surface area contributed by atoms with Gasteiger partial charge in [0.15, 0.2) is 0 Å². The number of benzene rings is 2. The van der Waals surface area contributed by atoms with Gasteiger partial charge < -0.3 is 10.4 Å². The van der Waals surface area contributed by atoms with Crippen LogP contribution in [0, 0.1) is 17.1 Å². The fourth-order valence-corrected chi connectivity index (χ4v) is 2.02. The van der Waals surface area contributed by atoms with E-state index >= 15 is 0 Å². The van der Waals surface area contributed by atoms with Crippen LogP contribution in [0.1, 0.15) is 16.7 Å². The van der Waals surface area contributed by atoms with Crippen molar-refractivity contribution in [1.82, 2.24) is 0 Å². The molecule has 2 rings (SSSR count). The van der Waals surface area contributed by atoms with Crippen LogP contribution in [0.2, 0.25) is 0 Å². The van der Waals surface area contributed by atoms with E-state index in [0.29, 0.717) is 17.8 Å². The van der Waals surface area contributed by atoms with Crippen molar-refractivity contribution in [3.05, 3.63) is 65.0 Å². The number of aliphatic carboxylic acids is 1. The molecule has 0 aliphatic carbocycles. The highest BCUT2D eigenvalue weighted by Gasteiger charge is 2.08. The lowest BCUT2D eigenvalue weighted by atomic mass is 10.0. The Bertz CT molecular complexity index is 708. The van der Waals surface area contributed by atoms with Gasteiger partial charge in [0.25, 0.3) is 0 Å². The number of anilines is 1. The molecule has 0 atom stereocenters. The summed E-state index contributed by atoms with van der Waals surface area (Å²) in [4.78, 5) is 10.8. The summed E-state index contributed by atoms with van der Waals surface area (Å²) in [6, 6.07) is 13.0. The van der Waals surface area contributed by atoms with Crippen LogP contribution in [0.5, 0.6) is 0 Å². The summed E-state index contributed by atoms with van der Waals surface area (Å²) in [6.45, 7) is 0.365. The lowest BCUT2D eigenvalue weighted by Gasteiger charge is -2.11. The van der Waals surface area contributed by atoms with Gasteiger partial charge in [0, 0.05) is 6.54 Å². The van der Waals surface area contributed by atoms with Crippen LogP contribution in [0.4, 0.5) is 10.1 Å². The van der Waals surface area contributed by atoms with Gasteiger partial charge in [-0.05, 0) is 29.3 Å². The van der Waals surface area contributed by atoms with E-state index < -0.39 is 11.8 Å². The van der Waals surface area contributed by atoms with Crippen molar-refractivity contribution in [1.29, 1.82) is 5.26 Å². The quantitative estimate of drug-likeness (QED) is 0.885. The van der Waals surface area contributed by atoms with Gasteiger partial charge in [-0.15, -0.1) is 0 Å². The van der Waals surface area contributed by atoms with Gasteiger partial charge in [-0.2, -0.15) is 5.26 Å². The van der Waals surface area contributed by atoms with Gasteiger partial charge in [0.05, 0.1) is 17.7 Å². The topological polar surface area (TPSA) is 73.1 Å². The first-order chi connectivity index (χ1) is 10.1. The van der Waals surface area contributed by atoms with Gasteiger partial charge in [-0.1, -0.05) is 24.3 Å². The minimum atomic E-state index is -0.901. The van der Waals surface area contributed by atoms with Crippen LogP contribution in [0.25, 0.3) is 0 Å². The molecule has 0 fully saturated rings. The first-order valence-electron chi connectivity index (χ1n) is 6.32. The Hall–Kier alpha value is -2.87. The van der Waals surface area contributed by atoms with E-state index in [1.54, 1.807) is 12.1 Å². The van der Waals surface area contributed by atoms with Crippen LogP contribution >= 0.6 is 0 Å². The summed E-state index contributed by atoms with van der Waals surface area (Å²) in [5.74, 6) is -1.37. The molecule has 0 aromatic heterocycles. The maximum Gasteiger partial charge on any atom is 0.307 e. The second-order valence-electron chi connectivity index (χ2n) is 4.49. The first kappa shape index (κ1) is 14.5. The van der Waals surface area contributed by atoms with Crippen LogP contribution in [-0.2, 0) is 17.8 Å². The van der Waals surface area contributed by atoms with Crippen LogP contribution in [0.15, 0.2) is 42.5 Å². The molecule has 0 aliphatic heterocycles. The molecular weight excluding hydrogens is 271 g/mol. The predicted octanol–water partition coefficient (Wildman–Crippen LogP) is 2.94. The SMILES string of the molecule is N#Cc1cc(F)ccc1NCc1ccccc1CC(=O)O. The predicted molar refractivity (Wildman–Crippen MR) is 76.2 cm³/mol. The molecule has 0 amide bonds. The number of nitrogens with zero attached hydrogens (tertiary/aromatic N) is 1. The molecule has 21 heavy (non-hydrogen) atoms. The average Bonchev–Trinajstić information content (AvgIpc) is 2.46. The molecular formula is C16H13FN2O2. The van der Waals surface area contributed by atoms with Crippen molar-refractivity contribution < 1.29 is 14.3 Å². The van der Waals surface area contributed by atoms with Crippen molar-refractivity contribution in [3.8, 4) is 6.07 Å². The molecule has 0 unspecified atom stereocenters. The van der Waals surface area contributed by atoms with Crippen LogP contribution < -0.4 is 5.32 Å². The molecule has 0 heterocycles. The molecule has 4 nitrogen and oxygen atoms in total. The number of carboxylic acid groups (broad SMARTS) is 1. The van der Waals surface area contributed by atoms with Gasteiger partial charge in [0.2, 0.25) is 0 Å². The summed E-state index contributed by atoms with van der Waals surface area (Å²) in [7, 11) is 0. The third kappa shape index (κ3) is 3.80. The normalized spacial score (nSPS) is 9.90. The molecule has 106 valence electrons. The largest absolute Gasteiger partial charge is 0.481 e. The Morgan fingerprint density at radius 2 is 1.95 bits per heavy atom. The second kappa shape index (κ2) is 6.53. The van der Waals surface area contributed by atoms with E-state index in [1.165, 1.54) is 12.1 Å². The van der Waals surface area contributed by atoms with E-state index in [-0.39, 0.29) is 12.0 Å². The molecule has 0 aliphatic rings. The van der Waals surface area contributed by atoms with Crippen molar-refractivity contribution in [3.63, 3.8) is 0 Å². The Balaban J connectivity index is 2.17. The van der Waals surface area contributed by atoms with Crippen molar-refractivity contribution in [2.75, 3.05) is 5.32 Å². The second-order valence-corrected chi connectivity index (χ2v) is 4.49. The summed E-state index contributed by atoms with van der Waals surface area (Å²) in [5, 5.41) is 20.9. The monoisotopic (exact) mass is 284 g/mol. The third-order valence-corrected chi connectivity index (χ3v) is 3.03. The maximum atomic E-state index is 13.1. The lowest BCUT2D eigenvalue weighted by molar-refractivity contribution is -0.136. The molecule has 2 N–H and O–H groups in total. The number of nitrogens with one attached hydrogen (secondary N) is 1. The Kier molecular flexibility index (Phi) is 4.52.